The van der Waals surface area contributed by atoms with Crippen molar-refractivity contribution in [3.8, 4) is 0 Å². The summed E-state index contributed by atoms with van der Waals surface area (Å²) in [4.78, 5) is 22.3. The Hall–Kier alpha value is -0.860. The third-order valence-corrected chi connectivity index (χ3v) is 2.37. The van der Waals surface area contributed by atoms with Gasteiger partial charge >= 0.3 is 5.97 Å². The van der Waals surface area contributed by atoms with Gasteiger partial charge in [0, 0.05) is 12.8 Å². The Morgan fingerprint density at radius 3 is 2.20 bits per heavy atom. The minimum absolute atomic E-state index is 0.0773. The number of carbonyl (C=O) groups is 2. The van der Waals surface area contributed by atoms with Gasteiger partial charge in [-0.3, -0.25) is 9.59 Å². The van der Waals surface area contributed by atoms with Gasteiger partial charge in [-0.05, 0) is 12.3 Å². The number of Topliss-reactive ketones (excluding diaryl/α,β-unsaturated/α-hetero) is 1. The summed E-state index contributed by atoms with van der Waals surface area (Å²) in [6, 6.07) is 0. The lowest BCUT2D eigenvalue weighted by atomic mass is 9.93. The van der Waals surface area contributed by atoms with E-state index in [-0.39, 0.29) is 12.2 Å². The molecule has 0 saturated carbocycles. The normalized spacial score (nSPS) is 12.8. The quantitative estimate of drug-likeness (QED) is 0.676. The SMILES string of the molecule is CCCCC(CC(=O)CC(C)C)C(=O)O. The summed E-state index contributed by atoms with van der Waals surface area (Å²) in [5.41, 5.74) is 0. The molecule has 0 aromatic carbocycles. The lowest BCUT2D eigenvalue weighted by Gasteiger charge is -2.11. The smallest absolute Gasteiger partial charge is 0.306 e. The first-order valence-corrected chi connectivity index (χ1v) is 5.71. The van der Waals surface area contributed by atoms with E-state index in [1.165, 1.54) is 0 Å². The molecule has 0 spiro atoms. The van der Waals surface area contributed by atoms with Crippen LogP contribution in [-0.4, -0.2) is 16.9 Å². The first kappa shape index (κ1) is 14.1. The second-order valence-electron chi connectivity index (χ2n) is 4.52. The summed E-state index contributed by atoms with van der Waals surface area (Å²) < 4.78 is 0. The first-order chi connectivity index (χ1) is 6.97. The number of carboxylic acid groups (broad SMARTS) is 1. The maximum Gasteiger partial charge on any atom is 0.306 e. The number of ketones is 1. The summed E-state index contributed by atoms with van der Waals surface area (Å²) in [5, 5.41) is 8.93. The highest BCUT2D eigenvalue weighted by atomic mass is 16.4. The molecule has 0 radical (unpaired) electrons. The second kappa shape index (κ2) is 7.43. The Balaban J connectivity index is 4.04. The summed E-state index contributed by atoms with van der Waals surface area (Å²) >= 11 is 0. The van der Waals surface area contributed by atoms with E-state index in [4.69, 9.17) is 5.11 Å². The van der Waals surface area contributed by atoms with Crippen molar-refractivity contribution in [1.29, 1.82) is 0 Å². The molecule has 3 heteroatoms. The highest BCUT2D eigenvalue weighted by molar-refractivity contribution is 5.83. The van der Waals surface area contributed by atoms with Crippen molar-refractivity contribution < 1.29 is 14.7 Å². The second-order valence-corrected chi connectivity index (χ2v) is 4.52. The molecular weight excluding hydrogens is 192 g/mol. The molecule has 1 atom stereocenters. The maximum absolute atomic E-state index is 11.5. The Morgan fingerprint density at radius 1 is 1.20 bits per heavy atom. The minimum atomic E-state index is -0.833. The van der Waals surface area contributed by atoms with Crippen LogP contribution in [0, 0.1) is 11.8 Å². The molecule has 0 aliphatic rings. The number of hydrogen-bond donors (Lipinski definition) is 1. The maximum atomic E-state index is 11.5. The van der Waals surface area contributed by atoms with E-state index >= 15 is 0 Å². The third-order valence-electron chi connectivity index (χ3n) is 2.37. The Labute approximate surface area is 91.9 Å². The van der Waals surface area contributed by atoms with Gasteiger partial charge in [0.1, 0.15) is 5.78 Å². The minimum Gasteiger partial charge on any atom is -0.481 e. The van der Waals surface area contributed by atoms with Crippen LogP contribution in [0.5, 0.6) is 0 Å². The largest absolute Gasteiger partial charge is 0.481 e. The molecule has 0 heterocycles. The highest BCUT2D eigenvalue weighted by Gasteiger charge is 2.20. The van der Waals surface area contributed by atoms with Gasteiger partial charge in [0.15, 0.2) is 0 Å². The van der Waals surface area contributed by atoms with Crippen molar-refractivity contribution in [2.75, 3.05) is 0 Å². The fraction of sp³-hybridized carbons (Fsp3) is 0.833. The zero-order valence-corrected chi connectivity index (χ0v) is 9.95. The lowest BCUT2D eigenvalue weighted by Crippen LogP contribution is -2.18. The van der Waals surface area contributed by atoms with E-state index in [1.54, 1.807) is 0 Å². The van der Waals surface area contributed by atoms with Gasteiger partial charge in [-0.15, -0.1) is 0 Å². The number of carbonyl (C=O) groups excluding carboxylic acids is 1. The monoisotopic (exact) mass is 214 g/mol. The van der Waals surface area contributed by atoms with E-state index < -0.39 is 11.9 Å². The molecule has 0 aromatic heterocycles. The van der Waals surface area contributed by atoms with Crippen LogP contribution in [0.1, 0.15) is 52.9 Å². The van der Waals surface area contributed by atoms with Crippen LogP contribution in [0.2, 0.25) is 0 Å². The van der Waals surface area contributed by atoms with E-state index in [1.807, 2.05) is 20.8 Å². The summed E-state index contributed by atoms with van der Waals surface area (Å²) in [6.45, 7) is 5.97. The van der Waals surface area contributed by atoms with Crippen LogP contribution in [0.25, 0.3) is 0 Å². The van der Waals surface area contributed by atoms with Gasteiger partial charge in [0.25, 0.3) is 0 Å². The molecule has 3 nitrogen and oxygen atoms in total. The van der Waals surface area contributed by atoms with Crippen LogP contribution in [0.15, 0.2) is 0 Å². The van der Waals surface area contributed by atoms with Crippen LogP contribution in [0.3, 0.4) is 0 Å². The van der Waals surface area contributed by atoms with E-state index in [0.29, 0.717) is 18.8 Å². The van der Waals surface area contributed by atoms with Gasteiger partial charge in [-0.2, -0.15) is 0 Å². The zero-order valence-electron chi connectivity index (χ0n) is 9.95. The van der Waals surface area contributed by atoms with Crippen LogP contribution >= 0.6 is 0 Å². The third kappa shape index (κ3) is 7.11. The molecule has 0 bridgehead atoms. The molecule has 15 heavy (non-hydrogen) atoms. The number of unbranched alkanes of at least 4 members (excludes halogenated alkanes) is 1. The summed E-state index contributed by atoms with van der Waals surface area (Å²) in [7, 11) is 0. The standard InChI is InChI=1S/C12H22O3/c1-4-5-6-10(12(14)15)8-11(13)7-9(2)3/h9-10H,4-8H2,1-3H3,(H,14,15). The van der Waals surface area contributed by atoms with Crippen LogP contribution in [0.4, 0.5) is 0 Å². The Bertz CT molecular complexity index is 209. The van der Waals surface area contributed by atoms with Gasteiger partial charge in [-0.1, -0.05) is 33.6 Å². The topological polar surface area (TPSA) is 54.4 Å². The highest BCUT2D eigenvalue weighted by Crippen LogP contribution is 2.16. The van der Waals surface area contributed by atoms with Crippen LogP contribution in [-0.2, 0) is 9.59 Å². The number of rotatable bonds is 8. The molecule has 0 amide bonds. The van der Waals surface area contributed by atoms with Crippen molar-refractivity contribution in [3.63, 3.8) is 0 Å². The average Bonchev–Trinajstić information content (AvgIpc) is 2.10. The van der Waals surface area contributed by atoms with Crippen molar-refractivity contribution in [2.24, 2.45) is 11.8 Å². The number of carboxylic acids is 1. The molecule has 0 aliphatic heterocycles. The van der Waals surface area contributed by atoms with Gasteiger partial charge in [0.2, 0.25) is 0 Å². The molecule has 0 rings (SSSR count). The van der Waals surface area contributed by atoms with Crippen molar-refractivity contribution in [2.45, 2.75) is 52.9 Å². The predicted molar refractivity (Wildman–Crippen MR) is 59.7 cm³/mol. The molecular formula is C12H22O3. The Morgan fingerprint density at radius 2 is 1.80 bits per heavy atom. The van der Waals surface area contributed by atoms with Crippen molar-refractivity contribution >= 4 is 11.8 Å². The van der Waals surface area contributed by atoms with Gasteiger partial charge in [-0.25, -0.2) is 0 Å². The molecule has 0 saturated heterocycles. The molecule has 0 aliphatic carbocycles. The molecule has 1 N–H and O–H groups in total. The molecule has 0 aromatic rings. The summed E-state index contributed by atoms with van der Waals surface area (Å²) in [5.74, 6) is -0.914. The zero-order chi connectivity index (χ0) is 11.8. The predicted octanol–water partition coefficient (Wildman–Crippen LogP) is 2.88. The fourth-order valence-corrected chi connectivity index (χ4v) is 1.58. The fourth-order valence-electron chi connectivity index (χ4n) is 1.58. The summed E-state index contributed by atoms with van der Waals surface area (Å²) in [6.07, 6.45) is 3.17. The molecule has 1 unspecified atom stereocenters. The Kier molecular flexibility index (Phi) is 7.01. The lowest BCUT2D eigenvalue weighted by molar-refractivity contribution is -0.144. The molecule has 0 fully saturated rings. The first-order valence-electron chi connectivity index (χ1n) is 5.71. The number of hydrogen-bond acceptors (Lipinski definition) is 2. The van der Waals surface area contributed by atoms with Crippen molar-refractivity contribution in [3.05, 3.63) is 0 Å². The van der Waals surface area contributed by atoms with Crippen LogP contribution < -0.4 is 0 Å². The van der Waals surface area contributed by atoms with E-state index in [2.05, 4.69) is 0 Å². The van der Waals surface area contributed by atoms with E-state index in [0.717, 1.165) is 12.8 Å². The van der Waals surface area contributed by atoms with Crippen molar-refractivity contribution in [1.82, 2.24) is 0 Å². The van der Waals surface area contributed by atoms with Gasteiger partial charge < -0.3 is 5.11 Å². The average molecular weight is 214 g/mol. The molecule has 88 valence electrons. The van der Waals surface area contributed by atoms with E-state index in [9.17, 15) is 9.59 Å². The van der Waals surface area contributed by atoms with Gasteiger partial charge in [0.05, 0.1) is 5.92 Å². The number of aliphatic carboxylic acids is 1.